The quantitative estimate of drug-likeness (QED) is 0.306. The fourth-order valence-electron chi connectivity index (χ4n) is 2.42. The number of allylic oxidation sites excluding steroid dienone is 1. The first-order valence-electron chi connectivity index (χ1n) is 10.2. The Labute approximate surface area is 189 Å². The van der Waals surface area contributed by atoms with Crippen molar-refractivity contribution in [3.8, 4) is 0 Å². The highest BCUT2D eigenvalue weighted by atomic mass is 16.4. The molecule has 0 saturated heterocycles. The molecular formula is C24H32N4O4. The standard InChI is InChI=1S/C20H20N4O4.2C2H6/c1-24(2)19(26)12-5-3-11(4-6-12)15(21)10-17(25)18(23)14-8-7-13(20(27)28)9-16(14)22;2*1-2/h3-10,23H,21-22H2,1-2H3,(H,27,28);2*1-2H3/b15-10-,23-18?;;. The Morgan fingerprint density at radius 2 is 1.38 bits per heavy atom. The van der Waals surface area contributed by atoms with Gasteiger partial charge in [0.15, 0.2) is 0 Å². The molecule has 6 N–H and O–H groups in total. The van der Waals surface area contributed by atoms with E-state index in [-0.39, 0.29) is 28.4 Å². The number of nitrogens with one attached hydrogen (secondary N) is 1. The van der Waals surface area contributed by atoms with E-state index in [0.717, 1.165) is 6.08 Å². The van der Waals surface area contributed by atoms with Gasteiger partial charge in [0, 0.05) is 42.7 Å². The molecule has 0 spiro atoms. The van der Waals surface area contributed by atoms with Crippen molar-refractivity contribution >= 4 is 34.8 Å². The Morgan fingerprint density at radius 1 is 0.906 bits per heavy atom. The van der Waals surface area contributed by atoms with Crippen LogP contribution in [0.15, 0.2) is 48.5 Å². The SMILES string of the molecule is CC.CC.CN(C)C(=O)c1ccc(/C(N)=C/C(=O)C(=N)c2ccc(C(=O)O)cc2N)cc1. The van der Waals surface area contributed by atoms with Crippen LogP contribution in [0.25, 0.3) is 5.70 Å². The van der Waals surface area contributed by atoms with E-state index in [1.807, 2.05) is 27.7 Å². The number of benzene rings is 2. The molecule has 0 bridgehead atoms. The molecule has 0 aliphatic rings. The number of aromatic carboxylic acids is 1. The summed E-state index contributed by atoms with van der Waals surface area (Å²) in [6.45, 7) is 8.00. The molecule has 0 unspecified atom stereocenters. The first kappa shape index (κ1) is 28.1. The largest absolute Gasteiger partial charge is 0.478 e. The van der Waals surface area contributed by atoms with Crippen LogP contribution in [0.3, 0.4) is 0 Å². The second-order valence-corrected chi connectivity index (χ2v) is 6.22. The van der Waals surface area contributed by atoms with Crippen LogP contribution in [-0.4, -0.2) is 47.5 Å². The zero-order valence-corrected chi connectivity index (χ0v) is 19.4. The average Bonchev–Trinajstić information content (AvgIpc) is 2.80. The predicted octanol–water partition coefficient (Wildman–Crippen LogP) is 3.66. The van der Waals surface area contributed by atoms with Gasteiger partial charge in [-0.1, -0.05) is 39.8 Å². The van der Waals surface area contributed by atoms with Crippen molar-refractivity contribution in [3.63, 3.8) is 0 Å². The van der Waals surface area contributed by atoms with Crippen LogP contribution in [0, 0.1) is 5.41 Å². The highest BCUT2D eigenvalue weighted by molar-refractivity contribution is 6.50. The lowest BCUT2D eigenvalue weighted by molar-refractivity contribution is -0.108. The predicted molar refractivity (Wildman–Crippen MR) is 129 cm³/mol. The summed E-state index contributed by atoms with van der Waals surface area (Å²) in [7, 11) is 3.28. The van der Waals surface area contributed by atoms with Crippen LogP contribution in [0.2, 0.25) is 0 Å². The number of nitrogen functional groups attached to an aromatic ring is 1. The summed E-state index contributed by atoms with van der Waals surface area (Å²) in [5, 5.41) is 17.0. The van der Waals surface area contributed by atoms with Crippen LogP contribution < -0.4 is 11.5 Å². The van der Waals surface area contributed by atoms with Gasteiger partial charge in [-0.3, -0.25) is 15.0 Å². The van der Waals surface area contributed by atoms with E-state index in [2.05, 4.69) is 0 Å². The Balaban J connectivity index is 0.00000227. The maximum atomic E-state index is 12.3. The maximum absolute atomic E-state index is 12.3. The van der Waals surface area contributed by atoms with Crippen LogP contribution in [0.5, 0.6) is 0 Å². The van der Waals surface area contributed by atoms with Gasteiger partial charge in [0.05, 0.1) is 5.56 Å². The number of carboxylic acid groups (broad SMARTS) is 1. The minimum absolute atomic E-state index is 0.0109. The maximum Gasteiger partial charge on any atom is 0.335 e. The smallest absolute Gasteiger partial charge is 0.335 e. The van der Waals surface area contributed by atoms with E-state index in [9.17, 15) is 14.4 Å². The zero-order chi connectivity index (χ0) is 25.0. The number of carboxylic acids is 1. The van der Waals surface area contributed by atoms with Crippen molar-refractivity contribution in [1.29, 1.82) is 5.41 Å². The van der Waals surface area contributed by atoms with Crippen molar-refractivity contribution in [2.45, 2.75) is 27.7 Å². The van der Waals surface area contributed by atoms with Crippen LogP contribution in [-0.2, 0) is 4.79 Å². The molecule has 0 aromatic heterocycles. The fraction of sp³-hybridized carbons (Fsp3) is 0.250. The molecule has 0 saturated carbocycles. The Hall–Kier alpha value is -3.94. The first-order chi connectivity index (χ1) is 15.1. The van der Waals surface area contributed by atoms with Gasteiger partial charge in [0.25, 0.3) is 5.91 Å². The lowest BCUT2D eigenvalue weighted by Crippen LogP contribution is -2.21. The van der Waals surface area contributed by atoms with Gasteiger partial charge in [-0.25, -0.2) is 4.79 Å². The summed E-state index contributed by atoms with van der Waals surface area (Å²) in [6.07, 6.45) is 1.09. The summed E-state index contributed by atoms with van der Waals surface area (Å²) in [5.74, 6) is -2.00. The molecule has 0 heterocycles. The Morgan fingerprint density at radius 3 is 1.81 bits per heavy atom. The zero-order valence-electron chi connectivity index (χ0n) is 19.4. The number of hydrogen-bond donors (Lipinski definition) is 4. The van der Waals surface area contributed by atoms with E-state index in [1.165, 1.54) is 23.1 Å². The minimum Gasteiger partial charge on any atom is -0.478 e. The second kappa shape index (κ2) is 13.4. The number of rotatable bonds is 6. The molecule has 8 heteroatoms. The molecule has 1 amide bonds. The van der Waals surface area contributed by atoms with Gasteiger partial charge in [0.2, 0.25) is 5.78 Å². The Bertz CT molecular complexity index is 994. The van der Waals surface area contributed by atoms with Crippen LogP contribution in [0.4, 0.5) is 5.69 Å². The third-order valence-corrected chi connectivity index (χ3v) is 3.97. The number of carbonyl (C=O) groups excluding carboxylic acids is 2. The van der Waals surface area contributed by atoms with Gasteiger partial charge in [-0.2, -0.15) is 0 Å². The Kier molecular flexibility index (Phi) is 11.7. The molecule has 0 aliphatic carbocycles. The molecule has 32 heavy (non-hydrogen) atoms. The highest BCUT2D eigenvalue weighted by Crippen LogP contribution is 2.17. The molecular weight excluding hydrogens is 408 g/mol. The number of amides is 1. The number of carbonyl (C=O) groups is 3. The molecule has 2 aromatic rings. The molecule has 172 valence electrons. The second-order valence-electron chi connectivity index (χ2n) is 6.22. The van der Waals surface area contributed by atoms with Gasteiger partial charge in [0.1, 0.15) is 5.71 Å². The summed E-state index contributed by atoms with van der Waals surface area (Å²) >= 11 is 0. The summed E-state index contributed by atoms with van der Waals surface area (Å²) in [6, 6.07) is 10.2. The molecule has 2 aromatic carbocycles. The van der Waals surface area contributed by atoms with Crippen molar-refractivity contribution in [1.82, 2.24) is 4.90 Å². The van der Waals surface area contributed by atoms with Crippen LogP contribution in [0.1, 0.15) is 59.5 Å². The van der Waals surface area contributed by atoms with Gasteiger partial charge in [-0.15, -0.1) is 0 Å². The average molecular weight is 441 g/mol. The molecule has 0 aliphatic heterocycles. The van der Waals surface area contributed by atoms with Gasteiger partial charge < -0.3 is 21.5 Å². The lowest BCUT2D eigenvalue weighted by Gasteiger charge is -2.10. The fourth-order valence-corrected chi connectivity index (χ4v) is 2.42. The number of nitrogens with zero attached hydrogens (tertiary/aromatic N) is 1. The van der Waals surface area contributed by atoms with E-state index < -0.39 is 17.5 Å². The van der Waals surface area contributed by atoms with Crippen LogP contribution >= 0.6 is 0 Å². The molecule has 0 fully saturated rings. The third-order valence-electron chi connectivity index (χ3n) is 3.97. The molecule has 0 atom stereocenters. The van der Waals surface area contributed by atoms with Crippen molar-refractivity contribution in [2.24, 2.45) is 5.73 Å². The lowest BCUT2D eigenvalue weighted by atomic mass is 10.0. The molecule has 2 rings (SSSR count). The minimum atomic E-state index is -1.16. The van der Waals surface area contributed by atoms with Gasteiger partial charge in [-0.05, 0) is 35.9 Å². The van der Waals surface area contributed by atoms with Crippen molar-refractivity contribution in [3.05, 3.63) is 70.8 Å². The number of nitrogens with two attached hydrogens (primary N) is 2. The number of hydrogen-bond acceptors (Lipinski definition) is 6. The molecule has 8 nitrogen and oxygen atoms in total. The third kappa shape index (κ3) is 7.39. The number of anilines is 1. The summed E-state index contributed by atoms with van der Waals surface area (Å²) in [5.41, 5.74) is 12.5. The topological polar surface area (TPSA) is 151 Å². The van der Waals surface area contributed by atoms with E-state index in [1.54, 1.807) is 38.4 Å². The van der Waals surface area contributed by atoms with E-state index >= 15 is 0 Å². The highest BCUT2D eigenvalue weighted by Gasteiger charge is 2.16. The monoisotopic (exact) mass is 440 g/mol. The number of ketones is 1. The molecule has 0 radical (unpaired) electrons. The van der Waals surface area contributed by atoms with E-state index in [4.69, 9.17) is 22.0 Å². The summed E-state index contributed by atoms with van der Waals surface area (Å²) in [4.78, 5) is 36.6. The van der Waals surface area contributed by atoms with Crippen molar-refractivity contribution < 1.29 is 19.5 Å². The first-order valence-corrected chi connectivity index (χ1v) is 10.2. The van der Waals surface area contributed by atoms with E-state index in [0.29, 0.717) is 11.1 Å². The summed E-state index contributed by atoms with van der Waals surface area (Å²) < 4.78 is 0. The van der Waals surface area contributed by atoms with Crippen molar-refractivity contribution in [2.75, 3.05) is 19.8 Å². The normalized spacial score (nSPS) is 10.0. The van der Waals surface area contributed by atoms with Gasteiger partial charge >= 0.3 is 5.97 Å².